The first-order chi connectivity index (χ1) is 12.9. The number of hydrogen-bond acceptors (Lipinski definition) is 7. The van der Waals surface area contributed by atoms with Gasteiger partial charge in [-0.2, -0.15) is 0 Å². The molecule has 0 aromatic carbocycles. The van der Waals surface area contributed by atoms with Gasteiger partial charge < -0.3 is 23.4 Å². The number of carbonyl (C=O) groups excluding carboxylic acids is 2. The van der Waals surface area contributed by atoms with Crippen LogP contribution >= 0.6 is 0 Å². The lowest BCUT2D eigenvalue weighted by atomic mass is 9.80. The zero-order chi connectivity index (χ0) is 21.2. The smallest absolute Gasteiger partial charge is 0.351 e. The highest BCUT2D eigenvalue weighted by Gasteiger charge is 2.60. The minimum Gasteiger partial charge on any atom is -0.455 e. The monoisotopic (exact) mass is 414 g/mol. The Kier molecular flexibility index (Phi) is 7.12. The Morgan fingerprint density at radius 2 is 2.00 bits per heavy atom. The largest absolute Gasteiger partial charge is 0.455 e. The highest BCUT2D eigenvalue weighted by atomic mass is 28.4. The van der Waals surface area contributed by atoms with Gasteiger partial charge in [-0.1, -0.05) is 26.8 Å². The first kappa shape index (κ1) is 23.1. The molecule has 1 saturated carbocycles. The van der Waals surface area contributed by atoms with Gasteiger partial charge in [0.25, 0.3) is 0 Å². The molecule has 8 heteroatoms. The molecule has 0 unspecified atom stereocenters. The van der Waals surface area contributed by atoms with Crippen LogP contribution < -0.4 is 0 Å². The molecular formula is C20H34O7Si. The van der Waals surface area contributed by atoms with Crippen molar-refractivity contribution in [1.82, 2.24) is 0 Å². The molecule has 0 N–H and O–H groups in total. The Bertz CT molecular complexity index is 623. The minimum atomic E-state index is -2.12. The highest BCUT2D eigenvalue weighted by Crippen LogP contribution is 2.47. The summed E-state index contributed by atoms with van der Waals surface area (Å²) in [5, 5.41) is 0.00957. The minimum absolute atomic E-state index is 0.00957. The third-order valence-corrected chi connectivity index (χ3v) is 10.3. The molecule has 0 radical (unpaired) electrons. The zero-order valence-corrected chi connectivity index (χ0v) is 19.1. The second-order valence-corrected chi connectivity index (χ2v) is 13.8. The number of hydrogen-bond donors (Lipinski definition) is 0. The first-order valence-corrected chi connectivity index (χ1v) is 12.7. The summed E-state index contributed by atoms with van der Waals surface area (Å²) in [5.41, 5.74) is -0.299. The van der Waals surface area contributed by atoms with E-state index in [1.165, 1.54) is 6.92 Å². The maximum absolute atomic E-state index is 12.6. The lowest BCUT2D eigenvalue weighted by Crippen LogP contribution is -2.51. The summed E-state index contributed by atoms with van der Waals surface area (Å²) in [6.45, 7) is 12.9. The summed E-state index contributed by atoms with van der Waals surface area (Å²) in [4.78, 5) is 24.2. The SMILES string of the molecule is COCOCC/C=C1/[C@H]2C[C@@](OC(C)=O)(C[C@H]1O[Si](C)(C)C(C)(C)C)C(=O)O2. The van der Waals surface area contributed by atoms with Crippen LogP contribution in [0.2, 0.25) is 18.1 Å². The Labute approximate surface area is 168 Å². The molecule has 0 amide bonds. The van der Waals surface area contributed by atoms with Gasteiger partial charge in [0.2, 0.25) is 5.60 Å². The van der Waals surface area contributed by atoms with Crippen molar-refractivity contribution in [2.45, 2.75) is 82.9 Å². The third-order valence-electron chi connectivity index (χ3n) is 5.82. The summed E-state index contributed by atoms with van der Waals surface area (Å²) in [6, 6.07) is 0. The average Bonchev–Trinajstić information content (AvgIpc) is 2.79. The predicted octanol–water partition coefficient (Wildman–Crippen LogP) is 3.33. The summed E-state index contributed by atoms with van der Waals surface area (Å²) >= 11 is 0. The number of fused-ring (bicyclic) bond motifs is 2. The van der Waals surface area contributed by atoms with Crippen LogP contribution in [-0.4, -0.2) is 58.6 Å². The Morgan fingerprint density at radius 1 is 1.32 bits per heavy atom. The van der Waals surface area contributed by atoms with Crippen molar-refractivity contribution >= 4 is 20.3 Å². The van der Waals surface area contributed by atoms with Crippen LogP contribution in [0.15, 0.2) is 11.6 Å². The van der Waals surface area contributed by atoms with Crippen LogP contribution in [-0.2, 0) is 33.0 Å². The van der Waals surface area contributed by atoms with E-state index in [9.17, 15) is 9.59 Å². The van der Waals surface area contributed by atoms with Crippen molar-refractivity contribution in [1.29, 1.82) is 0 Å². The van der Waals surface area contributed by atoms with Crippen molar-refractivity contribution in [3.8, 4) is 0 Å². The molecule has 2 fully saturated rings. The second kappa shape index (κ2) is 8.65. The Hall–Kier alpha value is -1.22. The normalized spacial score (nSPS) is 29.1. The lowest BCUT2D eigenvalue weighted by Gasteiger charge is -2.43. The molecule has 2 bridgehead atoms. The van der Waals surface area contributed by atoms with Crippen LogP contribution in [0.3, 0.4) is 0 Å². The van der Waals surface area contributed by atoms with Gasteiger partial charge >= 0.3 is 11.9 Å². The summed E-state index contributed by atoms with van der Waals surface area (Å²) < 4.78 is 28.0. The van der Waals surface area contributed by atoms with Crippen molar-refractivity contribution in [3.63, 3.8) is 0 Å². The van der Waals surface area contributed by atoms with E-state index in [2.05, 4.69) is 33.9 Å². The molecule has 160 valence electrons. The summed E-state index contributed by atoms with van der Waals surface area (Å²) in [6.07, 6.45) is 2.57. The topological polar surface area (TPSA) is 80.3 Å². The zero-order valence-electron chi connectivity index (χ0n) is 18.1. The number of ether oxygens (including phenoxy) is 4. The second-order valence-electron chi connectivity index (χ2n) is 9.06. The molecule has 1 heterocycles. The highest BCUT2D eigenvalue weighted by molar-refractivity contribution is 6.74. The number of carbonyl (C=O) groups is 2. The van der Waals surface area contributed by atoms with E-state index in [0.29, 0.717) is 25.9 Å². The molecule has 0 spiro atoms. The van der Waals surface area contributed by atoms with Gasteiger partial charge in [0.1, 0.15) is 12.9 Å². The summed E-state index contributed by atoms with van der Waals surface area (Å²) in [7, 11) is -0.541. The van der Waals surface area contributed by atoms with Gasteiger partial charge in [-0.15, -0.1) is 0 Å². The van der Waals surface area contributed by atoms with Crippen LogP contribution in [0.5, 0.6) is 0 Å². The molecule has 2 aliphatic rings. The third kappa shape index (κ3) is 5.03. The van der Waals surface area contributed by atoms with Gasteiger partial charge in [-0.3, -0.25) is 4.79 Å². The molecule has 3 atom stereocenters. The fraction of sp³-hybridized carbons (Fsp3) is 0.800. The average molecular weight is 415 g/mol. The van der Waals surface area contributed by atoms with Crippen LogP contribution in [0, 0.1) is 0 Å². The molecule has 0 aromatic rings. The van der Waals surface area contributed by atoms with Crippen LogP contribution in [0.25, 0.3) is 0 Å². The molecule has 28 heavy (non-hydrogen) atoms. The van der Waals surface area contributed by atoms with E-state index in [1.54, 1.807) is 7.11 Å². The molecule has 2 rings (SSSR count). The quantitative estimate of drug-likeness (QED) is 0.198. The van der Waals surface area contributed by atoms with Crippen LogP contribution in [0.1, 0.15) is 47.0 Å². The fourth-order valence-electron chi connectivity index (χ4n) is 3.39. The van der Waals surface area contributed by atoms with Gasteiger partial charge in [0, 0.05) is 26.9 Å². The van der Waals surface area contributed by atoms with Crippen molar-refractivity contribution < 1.29 is 33.0 Å². The molecule has 0 aromatic heterocycles. The predicted molar refractivity (Wildman–Crippen MR) is 106 cm³/mol. The lowest BCUT2D eigenvalue weighted by molar-refractivity contribution is -0.172. The van der Waals surface area contributed by atoms with Crippen molar-refractivity contribution in [3.05, 3.63) is 11.6 Å². The van der Waals surface area contributed by atoms with Gasteiger partial charge in [-0.25, -0.2) is 4.79 Å². The van der Waals surface area contributed by atoms with Gasteiger partial charge in [0.15, 0.2) is 8.32 Å². The van der Waals surface area contributed by atoms with E-state index >= 15 is 0 Å². The number of methoxy groups -OCH3 is 1. The molecular weight excluding hydrogens is 380 g/mol. The first-order valence-electron chi connectivity index (χ1n) is 9.77. The number of rotatable bonds is 8. The van der Waals surface area contributed by atoms with E-state index in [1.807, 2.05) is 6.08 Å². The van der Waals surface area contributed by atoms with E-state index in [4.69, 9.17) is 23.4 Å². The van der Waals surface area contributed by atoms with Gasteiger partial charge in [0.05, 0.1) is 12.7 Å². The van der Waals surface area contributed by atoms with E-state index in [-0.39, 0.29) is 17.9 Å². The standard InChI is InChI=1S/C20H34O7Si/c1-14(21)26-20-11-16(25-18(20)22)15(9-8-10-24-13-23-5)17(12-20)27-28(6,7)19(2,3)4/h9,16-17H,8,10-13H2,1-7H3/b15-9-/t16-,17-,20-/m1/s1. The van der Waals surface area contributed by atoms with E-state index < -0.39 is 32.0 Å². The molecule has 1 aliphatic carbocycles. The number of esters is 2. The summed E-state index contributed by atoms with van der Waals surface area (Å²) in [5.74, 6) is -0.959. The maximum atomic E-state index is 12.6. The van der Waals surface area contributed by atoms with Crippen molar-refractivity contribution in [2.75, 3.05) is 20.5 Å². The molecule has 1 saturated heterocycles. The fourth-order valence-corrected chi connectivity index (χ4v) is 4.68. The maximum Gasteiger partial charge on any atom is 0.351 e. The molecule has 1 aliphatic heterocycles. The van der Waals surface area contributed by atoms with E-state index in [0.717, 1.165) is 5.57 Å². The van der Waals surface area contributed by atoms with Gasteiger partial charge in [-0.05, 0) is 30.1 Å². The molecule has 7 nitrogen and oxygen atoms in total. The Morgan fingerprint density at radius 3 is 2.57 bits per heavy atom. The Balaban J connectivity index is 2.27. The van der Waals surface area contributed by atoms with Crippen molar-refractivity contribution in [2.24, 2.45) is 0 Å². The van der Waals surface area contributed by atoms with Crippen LogP contribution in [0.4, 0.5) is 0 Å².